The molecule has 2 aromatic carbocycles. The van der Waals surface area contributed by atoms with Crippen LogP contribution in [0.5, 0.6) is 0 Å². The van der Waals surface area contributed by atoms with E-state index in [-0.39, 0.29) is 6.10 Å². The number of aryl methyl sites for hydroxylation is 1. The van der Waals surface area contributed by atoms with Gasteiger partial charge >= 0.3 is 0 Å². The second kappa shape index (κ2) is 9.80. The lowest BCUT2D eigenvalue weighted by Gasteiger charge is -2.21. The summed E-state index contributed by atoms with van der Waals surface area (Å²) >= 11 is 0. The van der Waals surface area contributed by atoms with Crippen molar-refractivity contribution in [1.82, 2.24) is 30.0 Å². The molecule has 4 aromatic rings. The minimum absolute atomic E-state index is 0.237. The number of aromatic nitrogens is 6. The molecule has 0 radical (unpaired) electrons. The summed E-state index contributed by atoms with van der Waals surface area (Å²) in [5, 5.41) is 17.1. The predicted molar refractivity (Wildman–Crippen MR) is 126 cm³/mol. The van der Waals surface area contributed by atoms with Crippen LogP contribution in [0, 0.1) is 18.8 Å². The van der Waals surface area contributed by atoms with Crippen molar-refractivity contribution in [2.24, 2.45) is 0 Å². The normalized spacial score (nSPS) is 15.7. The number of benzene rings is 2. The van der Waals surface area contributed by atoms with Crippen molar-refractivity contribution in [3.8, 4) is 34.4 Å². The van der Waals surface area contributed by atoms with Gasteiger partial charge in [-0.2, -0.15) is 0 Å². The zero-order valence-electron chi connectivity index (χ0n) is 18.7. The van der Waals surface area contributed by atoms with Crippen molar-refractivity contribution in [2.45, 2.75) is 45.4 Å². The Bertz CT molecular complexity index is 1270. The summed E-state index contributed by atoms with van der Waals surface area (Å²) in [6.07, 6.45) is 7.62. The summed E-state index contributed by atoms with van der Waals surface area (Å²) in [5.74, 6) is 6.41. The van der Waals surface area contributed by atoms with Gasteiger partial charge in [-0.3, -0.25) is 0 Å². The van der Waals surface area contributed by atoms with Crippen LogP contribution in [0.15, 0.2) is 60.9 Å². The predicted octanol–water partition coefficient (Wildman–Crippen LogP) is 4.13. The average molecular weight is 439 g/mol. The molecule has 1 aliphatic rings. The van der Waals surface area contributed by atoms with E-state index in [0.717, 1.165) is 59.6 Å². The van der Waals surface area contributed by atoms with Crippen molar-refractivity contribution in [3.05, 3.63) is 72.1 Å². The second-order valence-electron chi connectivity index (χ2n) is 8.31. The van der Waals surface area contributed by atoms with Gasteiger partial charge < -0.3 is 4.74 Å². The van der Waals surface area contributed by atoms with E-state index < -0.39 is 0 Å². The summed E-state index contributed by atoms with van der Waals surface area (Å²) in [4.78, 5) is 0. The standard InChI is InChI=1S/C26H26N6O/c1-20-16-21(8-7-14-31-18-25(27-29-31)22-9-3-2-4-10-22)12-13-24(20)26-19-32(30-28-26)17-23-11-5-6-15-33-23/h2-4,9-10,12-13,16,18-19,23H,5-6,11,14-15,17H2,1H3. The highest BCUT2D eigenvalue weighted by Crippen LogP contribution is 2.23. The molecular formula is C26H26N6O. The third-order valence-corrected chi connectivity index (χ3v) is 5.79. The summed E-state index contributed by atoms with van der Waals surface area (Å²) in [5.41, 5.74) is 5.92. The quantitative estimate of drug-likeness (QED) is 0.438. The topological polar surface area (TPSA) is 70.7 Å². The molecule has 0 bridgehead atoms. The van der Waals surface area contributed by atoms with E-state index in [9.17, 15) is 0 Å². The lowest BCUT2D eigenvalue weighted by atomic mass is 10.0. The molecule has 0 saturated carbocycles. The van der Waals surface area contributed by atoms with E-state index in [1.165, 1.54) is 6.42 Å². The van der Waals surface area contributed by atoms with Crippen molar-refractivity contribution in [3.63, 3.8) is 0 Å². The molecular weight excluding hydrogens is 412 g/mol. The van der Waals surface area contributed by atoms with Crippen LogP contribution in [0.3, 0.4) is 0 Å². The first-order chi connectivity index (χ1) is 16.2. The zero-order valence-corrected chi connectivity index (χ0v) is 18.7. The molecule has 0 amide bonds. The molecule has 3 heterocycles. The van der Waals surface area contributed by atoms with E-state index in [0.29, 0.717) is 6.54 Å². The Kier molecular flexibility index (Phi) is 6.27. The maximum atomic E-state index is 5.82. The lowest BCUT2D eigenvalue weighted by molar-refractivity contribution is 0.00370. The molecule has 166 valence electrons. The van der Waals surface area contributed by atoms with Gasteiger partial charge in [0.2, 0.25) is 0 Å². The Morgan fingerprint density at radius 1 is 0.970 bits per heavy atom. The van der Waals surface area contributed by atoms with Gasteiger partial charge in [-0.05, 0) is 43.9 Å². The smallest absolute Gasteiger partial charge is 0.113 e. The molecule has 1 aliphatic heterocycles. The largest absolute Gasteiger partial charge is 0.376 e. The van der Waals surface area contributed by atoms with Gasteiger partial charge in [-0.15, -0.1) is 10.2 Å². The van der Waals surface area contributed by atoms with Gasteiger partial charge in [0.1, 0.15) is 17.9 Å². The number of rotatable bonds is 5. The Balaban J connectivity index is 1.23. The molecule has 5 rings (SSSR count). The van der Waals surface area contributed by atoms with Crippen LogP contribution >= 0.6 is 0 Å². The zero-order chi connectivity index (χ0) is 22.5. The van der Waals surface area contributed by atoms with E-state index in [4.69, 9.17) is 4.74 Å². The first-order valence-electron chi connectivity index (χ1n) is 11.3. The maximum Gasteiger partial charge on any atom is 0.113 e. The minimum Gasteiger partial charge on any atom is -0.376 e. The molecule has 33 heavy (non-hydrogen) atoms. The highest BCUT2D eigenvalue weighted by molar-refractivity contribution is 5.64. The number of hydrogen-bond acceptors (Lipinski definition) is 5. The lowest BCUT2D eigenvalue weighted by Crippen LogP contribution is -2.24. The van der Waals surface area contributed by atoms with Crippen molar-refractivity contribution in [2.75, 3.05) is 6.61 Å². The average Bonchev–Trinajstić information content (AvgIpc) is 3.51. The highest BCUT2D eigenvalue weighted by Gasteiger charge is 2.16. The van der Waals surface area contributed by atoms with Crippen molar-refractivity contribution >= 4 is 0 Å². The summed E-state index contributed by atoms with van der Waals surface area (Å²) in [6, 6.07) is 16.2. The molecule has 1 unspecified atom stereocenters. The Morgan fingerprint density at radius 2 is 1.79 bits per heavy atom. The molecule has 1 saturated heterocycles. The number of nitrogens with zero attached hydrogens (tertiary/aromatic N) is 6. The number of ether oxygens (including phenoxy) is 1. The molecule has 2 aromatic heterocycles. The molecule has 1 atom stereocenters. The molecule has 0 spiro atoms. The van der Waals surface area contributed by atoms with Gasteiger partial charge in [0.25, 0.3) is 0 Å². The molecule has 7 nitrogen and oxygen atoms in total. The highest BCUT2D eigenvalue weighted by atomic mass is 16.5. The SMILES string of the molecule is Cc1cc(C#CCn2cc(-c3ccccc3)nn2)ccc1-c1cn(CC2CCCCO2)nn1. The van der Waals surface area contributed by atoms with Gasteiger partial charge in [0, 0.05) is 23.3 Å². The fourth-order valence-corrected chi connectivity index (χ4v) is 4.04. The van der Waals surface area contributed by atoms with Gasteiger partial charge in [-0.1, -0.05) is 58.7 Å². The van der Waals surface area contributed by atoms with Crippen LogP contribution in [-0.4, -0.2) is 42.7 Å². The van der Waals surface area contributed by atoms with Gasteiger partial charge in [-0.25, -0.2) is 9.36 Å². The van der Waals surface area contributed by atoms with Crippen molar-refractivity contribution < 1.29 is 4.74 Å². The van der Waals surface area contributed by atoms with E-state index in [1.807, 2.05) is 53.5 Å². The fourth-order valence-electron chi connectivity index (χ4n) is 4.04. The van der Waals surface area contributed by atoms with E-state index in [1.54, 1.807) is 4.68 Å². The monoisotopic (exact) mass is 438 g/mol. The third-order valence-electron chi connectivity index (χ3n) is 5.79. The van der Waals surface area contributed by atoms with Crippen LogP contribution in [0.1, 0.15) is 30.4 Å². The summed E-state index contributed by atoms with van der Waals surface area (Å²) < 4.78 is 9.46. The van der Waals surface area contributed by atoms with Crippen LogP contribution < -0.4 is 0 Å². The van der Waals surface area contributed by atoms with Crippen molar-refractivity contribution in [1.29, 1.82) is 0 Å². The second-order valence-corrected chi connectivity index (χ2v) is 8.31. The first kappa shape index (κ1) is 21.1. The Hall–Kier alpha value is -3.76. The third kappa shape index (κ3) is 5.18. The molecule has 0 aliphatic carbocycles. The Labute approximate surface area is 193 Å². The van der Waals surface area contributed by atoms with E-state index >= 15 is 0 Å². The van der Waals surface area contributed by atoms with Crippen LogP contribution in [0.25, 0.3) is 22.5 Å². The summed E-state index contributed by atoms with van der Waals surface area (Å²) in [7, 11) is 0. The van der Waals surface area contributed by atoms with Gasteiger partial charge in [0.05, 0.1) is 25.0 Å². The number of hydrogen-bond donors (Lipinski definition) is 0. The molecule has 7 heteroatoms. The fraction of sp³-hybridized carbons (Fsp3) is 0.308. The summed E-state index contributed by atoms with van der Waals surface area (Å²) in [6.45, 7) is 4.16. The minimum atomic E-state index is 0.237. The van der Waals surface area contributed by atoms with Crippen LogP contribution in [-0.2, 0) is 17.8 Å². The van der Waals surface area contributed by atoms with E-state index in [2.05, 4.69) is 51.5 Å². The first-order valence-corrected chi connectivity index (χ1v) is 11.3. The Morgan fingerprint density at radius 3 is 2.61 bits per heavy atom. The van der Waals surface area contributed by atoms with Crippen LogP contribution in [0.4, 0.5) is 0 Å². The maximum absolute atomic E-state index is 5.82. The van der Waals surface area contributed by atoms with Gasteiger partial charge in [0.15, 0.2) is 0 Å². The van der Waals surface area contributed by atoms with Crippen LogP contribution in [0.2, 0.25) is 0 Å². The molecule has 0 N–H and O–H groups in total. The molecule has 1 fully saturated rings.